The van der Waals surface area contributed by atoms with Crippen LogP contribution in [0.1, 0.15) is 23.6 Å². The number of rotatable bonds is 7. The van der Waals surface area contributed by atoms with Crippen molar-refractivity contribution in [2.75, 3.05) is 11.5 Å². The maximum absolute atomic E-state index is 13.2. The molecule has 0 saturated carbocycles. The summed E-state index contributed by atoms with van der Waals surface area (Å²) >= 11 is 6.52. The molecule has 1 fully saturated rings. The van der Waals surface area contributed by atoms with Gasteiger partial charge in [0.05, 0.1) is 17.3 Å². The highest BCUT2D eigenvalue weighted by Crippen LogP contribution is 2.30. The van der Waals surface area contributed by atoms with E-state index in [1.54, 1.807) is 42.5 Å². The van der Waals surface area contributed by atoms with E-state index in [0.29, 0.717) is 41.0 Å². The van der Waals surface area contributed by atoms with E-state index in [-0.39, 0.29) is 5.57 Å². The van der Waals surface area contributed by atoms with Crippen LogP contribution < -0.4 is 19.7 Å². The molecular formula is C31H25ClN2O5. The Balaban J connectivity index is 1.37. The van der Waals surface area contributed by atoms with Gasteiger partial charge in [0.1, 0.15) is 23.7 Å². The summed E-state index contributed by atoms with van der Waals surface area (Å²) in [6.45, 7) is 4.71. The molecular weight excluding hydrogens is 516 g/mol. The minimum Gasteiger partial charge on any atom is -0.494 e. The van der Waals surface area contributed by atoms with Gasteiger partial charge in [-0.2, -0.15) is 0 Å². The molecule has 0 spiro atoms. The number of amides is 4. The summed E-state index contributed by atoms with van der Waals surface area (Å²) in [5, 5.41) is 4.79. The van der Waals surface area contributed by atoms with Gasteiger partial charge in [0.25, 0.3) is 11.8 Å². The molecule has 0 aromatic heterocycles. The van der Waals surface area contributed by atoms with Gasteiger partial charge in [0, 0.05) is 5.56 Å². The number of carbonyl (C=O) groups excluding carboxylic acids is 3. The highest BCUT2D eigenvalue weighted by Gasteiger charge is 2.36. The first-order valence-electron chi connectivity index (χ1n) is 12.4. The lowest BCUT2D eigenvalue weighted by Gasteiger charge is -2.26. The fourth-order valence-corrected chi connectivity index (χ4v) is 4.67. The Labute approximate surface area is 230 Å². The summed E-state index contributed by atoms with van der Waals surface area (Å²) in [7, 11) is 0. The molecule has 7 nitrogen and oxygen atoms in total. The van der Waals surface area contributed by atoms with Gasteiger partial charge < -0.3 is 9.47 Å². The van der Waals surface area contributed by atoms with Crippen LogP contribution in [0.15, 0.2) is 84.4 Å². The number of nitrogens with zero attached hydrogens (tertiary/aromatic N) is 1. The van der Waals surface area contributed by atoms with Crippen molar-refractivity contribution in [3.63, 3.8) is 0 Å². The normalized spacial score (nSPS) is 14.6. The summed E-state index contributed by atoms with van der Waals surface area (Å²) < 4.78 is 11.5. The Morgan fingerprint density at radius 1 is 0.923 bits per heavy atom. The lowest BCUT2D eigenvalue weighted by Crippen LogP contribution is -2.54. The summed E-state index contributed by atoms with van der Waals surface area (Å²) in [6, 6.07) is 22.9. The topological polar surface area (TPSA) is 84.9 Å². The van der Waals surface area contributed by atoms with Crippen molar-refractivity contribution in [3.05, 3.63) is 106 Å². The number of aryl methyl sites for hydroxylation is 1. The van der Waals surface area contributed by atoms with Gasteiger partial charge in [-0.25, -0.2) is 9.69 Å². The third-order valence-corrected chi connectivity index (χ3v) is 6.72. The van der Waals surface area contributed by atoms with E-state index in [9.17, 15) is 14.4 Å². The molecule has 4 amide bonds. The van der Waals surface area contributed by atoms with Crippen molar-refractivity contribution < 1.29 is 23.9 Å². The average Bonchev–Trinajstić information content (AvgIpc) is 2.92. The van der Waals surface area contributed by atoms with Crippen LogP contribution >= 0.6 is 11.6 Å². The van der Waals surface area contributed by atoms with E-state index in [1.807, 2.05) is 26.0 Å². The van der Waals surface area contributed by atoms with Gasteiger partial charge >= 0.3 is 6.03 Å². The maximum Gasteiger partial charge on any atom is 0.335 e. The molecule has 8 heteroatoms. The number of halogens is 1. The first kappa shape index (κ1) is 26.0. The number of ether oxygens (including phenoxy) is 2. The molecule has 1 aliphatic rings. The molecule has 0 unspecified atom stereocenters. The molecule has 4 aromatic carbocycles. The monoisotopic (exact) mass is 540 g/mol. The quantitative estimate of drug-likeness (QED) is 0.215. The first-order valence-corrected chi connectivity index (χ1v) is 12.8. The van der Waals surface area contributed by atoms with Crippen molar-refractivity contribution in [3.8, 4) is 11.5 Å². The average molecular weight is 541 g/mol. The Hall–Kier alpha value is -4.62. The number of benzene rings is 4. The van der Waals surface area contributed by atoms with Gasteiger partial charge in [-0.3, -0.25) is 14.9 Å². The molecule has 0 atom stereocenters. The maximum atomic E-state index is 13.2. The number of anilines is 1. The predicted molar refractivity (Wildman–Crippen MR) is 151 cm³/mol. The number of barbiturate groups is 1. The second-order valence-corrected chi connectivity index (χ2v) is 9.35. The van der Waals surface area contributed by atoms with Gasteiger partial charge in [-0.05, 0) is 78.2 Å². The van der Waals surface area contributed by atoms with Crippen molar-refractivity contribution in [2.45, 2.75) is 20.5 Å². The predicted octanol–water partition coefficient (Wildman–Crippen LogP) is 6.45. The van der Waals surface area contributed by atoms with Gasteiger partial charge in [-0.15, -0.1) is 0 Å². The van der Waals surface area contributed by atoms with Crippen LogP contribution in [0.5, 0.6) is 11.5 Å². The smallest absolute Gasteiger partial charge is 0.335 e. The Morgan fingerprint density at radius 3 is 2.44 bits per heavy atom. The van der Waals surface area contributed by atoms with Crippen LogP contribution in [-0.2, 0) is 16.2 Å². The highest BCUT2D eigenvalue weighted by atomic mass is 35.5. The van der Waals surface area contributed by atoms with Crippen molar-refractivity contribution in [1.82, 2.24) is 5.32 Å². The van der Waals surface area contributed by atoms with Crippen LogP contribution in [0.4, 0.5) is 10.5 Å². The number of hydrogen-bond acceptors (Lipinski definition) is 5. The third-order valence-electron chi connectivity index (χ3n) is 6.42. The fraction of sp³-hybridized carbons (Fsp3) is 0.129. The van der Waals surface area contributed by atoms with E-state index in [0.717, 1.165) is 26.8 Å². The third kappa shape index (κ3) is 5.35. The Kier molecular flexibility index (Phi) is 7.34. The number of urea groups is 1. The van der Waals surface area contributed by atoms with Crippen molar-refractivity contribution in [1.29, 1.82) is 0 Å². The zero-order chi connectivity index (χ0) is 27.5. The summed E-state index contributed by atoms with van der Waals surface area (Å²) in [4.78, 5) is 39.2. The molecule has 1 heterocycles. The van der Waals surface area contributed by atoms with Gasteiger partial charge in [0.15, 0.2) is 0 Å². The minimum atomic E-state index is -0.822. The van der Waals surface area contributed by atoms with E-state index in [2.05, 4.69) is 29.6 Å². The summed E-state index contributed by atoms with van der Waals surface area (Å²) in [6.07, 6.45) is 1.40. The lowest BCUT2D eigenvalue weighted by atomic mass is 10.0. The van der Waals surface area contributed by atoms with Crippen LogP contribution in [-0.4, -0.2) is 24.5 Å². The second kappa shape index (κ2) is 11.0. The minimum absolute atomic E-state index is 0.195. The summed E-state index contributed by atoms with van der Waals surface area (Å²) in [5.41, 5.74) is 2.80. The van der Waals surface area contributed by atoms with E-state index < -0.39 is 17.8 Å². The standard InChI is InChI=1S/C31H25ClN2O5/c1-3-38-23-13-11-22(12-14-23)34-30(36)25(29(35)33-31(34)37)16-20-9-15-28(27(32)17-20)39-18-26-19(2)8-10-21-6-4-5-7-24(21)26/h4-17H,3,18H2,1-2H3,(H,33,35,37)/b25-16+. The highest BCUT2D eigenvalue weighted by molar-refractivity contribution is 6.39. The Morgan fingerprint density at radius 2 is 1.69 bits per heavy atom. The number of hydrogen-bond donors (Lipinski definition) is 1. The number of carbonyl (C=O) groups is 3. The molecule has 4 aromatic rings. The van der Waals surface area contributed by atoms with Crippen LogP contribution in [0, 0.1) is 6.92 Å². The summed E-state index contributed by atoms with van der Waals surface area (Å²) in [5.74, 6) is -0.451. The number of nitrogens with one attached hydrogen (secondary N) is 1. The molecule has 1 aliphatic heterocycles. The fourth-order valence-electron chi connectivity index (χ4n) is 4.43. The van der Waals surface area contributed by atoms with Gasteiger partial charge in [-0.1, -0.05) is 54.1 Å². The van der Waals surface area contributed by atoms with Crippen molar-refractivity contribution in [2.24, 2.45) is 0 Å². The molecule has 39 heavy (non-hydrogen) atoms. The zero-order valence-electron chi connectivity index (χ0n) is 21.4. The molecule has 0 bridgehead atoms. The molecule has 0 radical (unpaired) electrons. The lowest BCUT2D eigenvalue weighted by molar-refractivity contribution is -0.122. The molecule has 196 valence electrons. The first-order chi connectivity index (χ1) is 18.9. The molecule has 1 saturated heterocycles. The largest absolute Gasteiger partial charge is 0.494 e. The van der Waals surface area contributed by atoms with Crippen LogP contribution in [0.3, 0.4) is 0 Å². The number of imide groups is 2. The van der Waals surface area contributed by atoms with Gasteiger partial charge in [0.2, 0.25) is 0 Å². The van der Waals surface area contributed by atoms with Crippen LogP contribution in [0.2, 0.25) is 5.02 Å². The molecule has 5 rings (SSSR count). The van der Waals surface area contributed by atoms with E-state index >= 15 is 0 Å². The number of fused-ring (bicyclic) bond motifs is 1. The Bertz CT molecular complexity index is 1630. The zero-order valence-corrected chi connectivity index (χ0v) is 22.1. The van der Waals surface area contributed by atoms with E-state index in [1.165, 1.54) is 6.08 Å². The second-order valence-electron chi connectivity index (χ2n) is 8.95. The molecule has 1 N–H and O–H groups in total. The SMILES string of the molecule is CCOc1ccc(N2C(=O)NC(=O)/C(=C\c3ccc(OCc4c(C)ccc5ccccc45)c(Cl)c3)C2=O)cc1. The van der Waals surface area contributed by atoms with Crippen LogP contribution in [0.25, 0.3) is 16.8 Å². The molecule has 0 aliphatic carbocycles. The van der Waals surface area contributed by atoms with E-state index in [4.69, 9.17) is 21.1 Å². The van der Waals surface area contributed by atoms with Crippen molar-refractivity contribution >= 4 is 52.0 Å².